The van der Waals surface area contributed by atoms with Crippen LogP contribution >= 0.6 is 0 Å². The lowest BCUT2D eigenvalue weighted by Crippen LogP contribution is -2.26. The first-order valence-corrected chi connectivity index (χ1v) is 2.73. The highest BCUT2D eigenvalue weighted by Gasteiger charge is 1.96. The third kappa shape index (κ3) is 5.53. The summed E-state index contributed by atoms with van der Waals surface area (Å²) in [7, 11) is 1.77. The van der Waals surface area contributed by atoms with Crippen molar-refractivity contribution in [2.24, 2.45) is 0 Å². The quantitative estimate of drug-likeness (QED) is 0.519. The number of carbonyl (C=O) groups is 1. The standard InChI is InChI=1S/C5H11BNO/c1-4(2)6-7-5(3)8/h4H,1-3H3,(H,7,8). The van der Waals surface area contributed by atoms with Gasteiger partial charge in [0.1, 0.15) is 0 Å². The number of rotatable bonds is 2. The van der Waals surface area contributed by atoms with Crippen LogP contribution in [0.15, 0.2) is 0 Å². The van der Waals surface area contributed by atoms with Crippen molar-refractivity contribution in [1.29, 1.82) is 0 Å². The molecular weight excluding hydrogens is 101 g/mol. The second-order valence-corrected chi connectivity index (χ2v) is 2.11. The Labute approximate surface area is 50.9 Å². The molecule has 1 radical (unpaired) electrons. The number of hydrogen-bond acceptors (Lipinski definition) is 1. The minimum absolute atomic E-state index is 0.00120. The smallest absolute Gasteiger partial charge is 0.249 e. The van der Waals surface area contributed by atoms with Crippen LogP contribution in [0.1, 0.15) is 20.8 Å². The zero-order chi connectivity index (χ0) is 6.57. The van der Waals surface area contributed by atoms with Gasteiger partial charge in [0.25, 0.3) is 0 Å². The van der Waals surface area contributed by atoms with Gasteiger partial charge in [0.15, 0.2) is 0 Å². The van der Waals surface area contributed by atoms with Crippen molar-refractivity contribution in [3.05, 3.63) is 0 Å². The summed E-state index contributed by atoms with van der Waals surface area (Å²) in [5.74, 6) is 0.428. The van der Waals surface area contributed by atoms with Crippen LogP contribution < -0.4 is 5.23 Å². The second kappa shape index (κ2) is 3.53. The highest BCUT2D eigenvalue weighted by atomic mass is 16.1. The maximum atomic E-state index is 10.2. The highest BCUT2D eigenvalue weighted by Crippen LogP contribution is 1.91. The molecule has 0 aromatic carbocycles. The molecule has 45 valence electrons. The van der Waals surface area contributed by atoms with E-state index >= 15 is 0 Å². The zero-order valence-corrected chi connectivity index (χ0v) is 5.56. The molecular formula is C5H11BNO. The minimum atomic E-state index is -0.00120. The molecule has 8 heavy (non-hydrogen) atoms. The SMILES string of the molecule is CC(=O)N[B]C(C)C. The lowest BCUT2D eigenvalue weighted by Gasteiger charge is -1.99. The van der Waals surface area contributed by atoms with Gasteiger partial charge in [-0.2, -0.15) is 0 Å². The van der Waals surface area contributed by atoms with Gasteiger partial charge >= 0.3 is 0 Å². The van der Waals surface area contributed by atoms with E-state index in [2.05, 4.69) is 5.23 Å². The lowest BCUT2D eigenvalue weighted by molar-refractivity contribution is -0.117. The molecule has 0 saturated heterocycles. The van der Waals surface area contributed by atoms with Crippen molar-refractivity contribution >= 4 is 13.3 Å². The summed E-state index contributed by atoms with van der Waals surface area (Å²) in [6.45, 7) is 5.52. The van der Waals surface area contributed by atoms with Crippen molar-refractivity contribution in [3.8, 4) is 0 Å². The van der Waals surface area contributed by atoms with Crippen molar-refractivity contribution in [2.45, 2.75) is 26.6 Å². The predicted molar refractivity (Wildman–Crippen MR) is 34.7 cm³/mol. The molecule has 0 heterocycles. The van der Waals surface area contributed by atoms with Gasteiger partial charge in [-0.25, -0.2) is 0 Å². The van der Waals surface area contributed by atoms with Gasteiger partial charge in [-0.15, -0.1) is 0 Å². The molecule has 0 fully saturated rings. The van der Waals surface area contributed by atoms with Crippen molar-refractivity contribution in [1.82, 2.24) is 5.23 Å². The molecule has 1 N–H and O–H groups in total. The van der Waals surface area contributed by atoms with E-state index in [4.69, 9.17) is 0 Å². The Balaban J connectivity index is 3.05. The zero-order valence-electron chi connectivity index (χ0n) is 5.56. The van der Waals surface area contributed by atoms with E-state index in [9.17, 15) is 4.79 Å². The van der Waals surface area contributed by atoms with Gasteiger partial charge in [-0.1, -0.05) is 19.7 Å². The molecule has 1 amide bonds. The van der Waals surface area contributed by atoms with Crippen LogP contribution in [-0.4, -0.2) is 13.3 Å². The maximum absolute atomic E-state index is 10.2. The van der Waals surface area contributed by atoms with Crippen LogP contribution in [0.4, 0.5) is 0 Å². The summed E-state index contributed by atoms with van der Waals surface area (Å²) in [5, 5.41) is 2.58. The summed E-state index contributed by atoms with van der Waals surface area (Å²) in [6.07, 6.45) is 0. The molecule has 0 saturated carbocycles. The van der Waals surface area contributed by atoms with E-state index in [1.165, 1.54) is 6.92 Å². The highest BCUT2D eigenvalue weighted by molar-refractivity contribution is 6.38. The molecule has 0 rings (SSSR count). The van der Waals surface area contributed by atoms with E-state index in [0.29, 0.717) is 5.82 Å². The maximum Gasteiger partial charge on any atom is 0.249 e. The molecule has 0 unspecified atom stereocenters. The Morgan fingerprint density at radius 3 is 2.25 bits per heavy atom. The average molecular weight is 112 g/mol. The Hall–Kier alpha value is -0.465. The topological polar surface area (TPSA) is 29.1 Å². The van der Waals surface area contributed by atoms with Gasteiger partial charge in [-0.3, -0.25) is 4.79 Å². The van der Waals surface area contributed by atoms with E-state index in [0.717, 1.165) is 0 Å². The van der Waals surface area contributed by atoms with E-state index in [1.54, 1.807) is 7.41 Å². The molecule has 0 aliphatic carbocycles. The van der Waals surface area contributed by atoms with Gasteiger partial charge in [-0.05, 0) is 0 Å². The Morgan fingerprint density at radius 2 is 2.12 bits per heavy atom. The third-order valence-electron chi connectivity index (χ3n) is 0.620. The Morgan fingerprint density at radius 1 is 1.62 bits per heavy atom. The van der Waals surface area contributed by atoms with Crippen molar-refractivity contribution in [3.63, 3.8) is 0 Å². The Kier molecular flexibility index (Phi) is 3.32. The van der Waals surface area contributed by atoms with Gasteiger partial charge in [0.2, 0.25) is 13.3 Å². The molecule has 2 nitrogen and oxygen atoms in total. The van der Waals surface area contributed by atoms with Crippen LogP contribution in [0.3, 0.4) is 0 Å². The predicted octanol–water partition coefficient (Wildman–Crippen LogP) is 0.570. The number of carbonyl (C=O) groups excluding carboxylic acids is 1. The van der Waals surface area contributed by atoms with Crippen LogP contribution in [0.2, 0.25) is 5.82 Å². The summed E-state index contributed by atoms with van der Waals surface area (Å²) in [6, 6.07) is 0. The van der Waals surface area contributed by atoms with Crippen molar-refractivity contribution < 1.29 is 4.79 Å². The summed E-state index contributed by atoms with van der Waals surface area (Å²) >= 11 is 0. The first kappa shape index (κ1) is 7.53. The molecule has 0 bridgehead atoms. The van der Waals surface area contributed by atoms with Crippen molar-refractivity contribution in [2.75, 3.05) is 0 Å². The third-order valence-corrected chi connectivity index (χ3v) is 0.620. The van der Waals surface area contributed by atoms with Crippen LogP contribution in [0.5, 0.6) is 0 Å². The summed E-state index contributed by atoms with van der Waals surface area (Å²) < 4.78 is 0. The number of hydrogen-bond donors (Lipinski definition) is 1. The number of amides is 1. The first-order valence-electron chi connectivity index (χ1n) is 2.73. The van der Waals surface area contributed by atoms with Gasteiger partial charge in [0.05, 0.1) is 0 Å². The molecule has 0 aromatic rings. The first-order chi connectivity index (χ1) is 3.63. The minimum Gasteiger partial charge on any atom is -0.403 e. The van der Waals surface area contributed by atoms with E-state index in [-0.39, 0.29) is 5.91 Å². The lowest BCUT2D eigenvalue weighted by atomic mass is 9.79. The fourth-order valence-electron chi connectivity index (χ4n) is 0.284. The van der Waals surface area contributed by atoms with E-state index < -0.39 is 0 Å². The van der Waals surface area contributed by atoms with Crippen LogP contribution in [0, 0.1) is 0 Å². The molecule has 0 aliphatic rings. The molecule has 0 spiro atoms. The number of nitrogens with one attached hydrogen (secondary N) is 1. The fraction of sp³-hybridized carbons (Fsp3) is 0.800. The molecule has 0 aliphatic heterocycles. The molecule has 0 atom stereocenters. The van der Waals surface area contributed by atoms with Crippen LogP contribution in [0.25, 0.3) is 0 Å². The molecule has 0 aromatic heterocycles. The summed E-state index contributed by atoms with van der Waals surface area (Å²) in [4.78, 5) is 10.2. The van der Waals surface area contributed by atoms with Gasteiger partial charge in [0, 0.05) is 6.92 Å². The van der Waals surface area contributed by atoms with Crippen LogP contribution in [-0.2, 0) is 4.79 Å². The Bertz CT molecular complexity index is 82.5. The average Bonchev–Trinajstić information content (AvgIpc) is 1.61. The fourth-order valence-corrected chi connectivity index (χ4v) is 0.284. The molecule has 3 heteroatoms. The largest absolute Gasteiger partial charge is 0.403 e. The second-order valence-electron chi connectivity index (χ2n) is 2.11. The van der Waals surface area contributed by atoms with Gasteiger partial charge < -0.3 is 5.23 Å². The normalized spacial score (nSPS) is 9.00. The summed E-state index contributed by atoms with van der Waals surface area (Å²) in [5.41, 5.74) is 0. The monoisotopic (exact) mass is 112 g/mol. The van der Waals surface area contributed by atoms with E-state index in [1.807, 2.05) is 13.8 Å².